The number of halogens is 1. The fraction of sp³-hybridized carbons (Fsp3) is 0.522. The smallest absolute Gasteiger partial charge is 0.273 e. The molecule has 1 atom stereocenters. The molecule has 9 heteroatoms. The fourth-order valence-corrected chi connectivity index (χ4v) is 5.70. The highest BCUT2D eigenvalue weighted by atomic mass is 32.1. The van der Waals surface area contributed by atoms with Crippen LogP contribution in [0.3, 0.4) is 0 Å². The Kier molecular flexibility index (Phi) is 7.49. The minimum absolute atomic E-state index is 0.0224. The number of carbonyl (C=O) groups excluding carboxylic acids is 1. The number of thiazole rings is 1. The van der Waals surface area contributed by atoms with Gasteiger partial charge in [-0.15, -0.1) is 16.5 Å². The average molecular weight is 460 g/mol. The maximum absolute atomic E-state index is 13.4. The number of benzene rings is 1. The van der Waals surface area contributed by atoms with Crippen LogP contribution in [0.5, 0.6) is 0 Å². The predicted octanol–water partition coefficient (Wildman–Crippen LogP) is 4.80. The lowest BCUT2D eigenvalue weighted by Crippen LogP contribution is -2.46. The number of hydrogen-bond acceptors (Lipinski definition) is 6. The third-order valence-corrected chi connectivity index (χ3v) is 7.34. The van der Waals surface area contributed by atoms with Crippen LogP contribution >= 0.6 is 11.3 Å². The Morgan fingerprint density at radius 2 is 2.03 bits per heavy atom. The molecule has 4 rings (SSSR count). The number of nitrogens with zero attached hydrogens (tertiary/aromatic N) is 4. The second kappa shape index (κ2) is 10.5. The fourth-order valence-electron chi connectivity index (χ4n) is 4.62. The van der Waals surface area contributed by atoms with E-state index in [1.54, 1.807) is 23.5 Å². The van der Waals surface area contributed by atoms with E-state index in [9.17, 15) is 14.4 Å². The van der Waals surface area contributed by atoms with Crippen molar-refractivity contribution in [2.24, 2.45) is 4.99 Å². The Hall–Kier alpha value is -2.36. The van der Waals surface area contributed by atoms with Crippen LogP contribution in [0, 0.1) is 12.7 Å². The standard InChI is InChI=1S/C23H30FN5O2S/c1-16-27-21(22(32-16)17-6-3-2-4-7-17)23(30)28-13-5-8-20(28)14-29(31)26-15-25-19-11-9-18(24)10-12-19/h9-12,15,17,20,31H,2-8,13-14H2,1H3,(H,25,26)/t20-/m0/s1. The van der Waals surface area contributed by atoms with E-state index in [4.69, 9.17) is 0 Å². The van der Waals surface area contributed by atoms with Gasteiger partial charge in [0, 0.05) is 17.5 Å². The quantitative estimate of drug-likeness (QED) is 0.353. The average Bonchev–Trinajstić information content (AvgIpc) is 3.42. The van der Waals surface area contributed by atoms with E-state index in [-0.39, 0.29) is 24.3 Å². The summed E-state index contributed by atoms with van der Waals surface area (Å²) >= 11 is 1.66. The molecule has 32 heavy (non-hydrogen) atoms. The van der Waals surface area contributed by atoms with Gasteiger partial charge in [-0.1, -0.05) is 19.3 Å². The van der Waals surface area contributed by atoms with E-state index >= 15 is 0 Å². The highest BCUT2D eigenvalue weighted by Crippen LogP contribution is 2.38. The van der Waals surface area contributed by atoms with Gasteiger partial charge in [0.25, 0.3) is 5.91 Å². The molecule has 2 fully saturated rings. The molecular weight excluding hydrogens is 429 g/mol. The first kappa shape index (κ1) is 22.8. The van der Waals surface area contributed by atoms with E-state index < -0.39 is 0 Å². The number of aryl methyl sites for hydroxylation is 1. The number of rotatable bonds is 7. The number of carbonyl (C=O) groups is 1. The van der Waals surface area contributed by atoms with Crippen LogP contribution in [0.4, 0.5) is 10.1 Å². The lowest BCUT2D eigenvalue weighted by Gasteiger charge is -2.28. The molecule has 1 aromatic heterocycles. The maximum atomic E-state index is 13.4. The summed E-state index contributed by atoms with van der Waals surface area (Å²) in [4.78, 5) is 25.2. The first-order chi connectivity index (χ1) is 15.5. The van der Waals surface area contributed by atoms with E-state index in [0.717, 1.165) is 40.7 Å². The van der Waals surface area contributed by atoms with Crippen molar-refractivity contribution in [2.45, 2.75) is 63.8 Å². The minimum Gasteiger partial charge on any atom is -0.333 e. The monoisotopic (exact) mass is 459 g/mol. The lowest BCUT2D eigenvalue weighted by atomic mass is 9.87. The molecule has 0 radical (unpaired) electrons. The molecule has 0 spiro atoms. The molecular formula is C23H30FN5O2S. The Morgan fingerprint density at radius 1 is 1.28 bits per heavy atom. The number of nitrogens with one attached hydrogen (secondary N) is 1. The number of hydroxylamine groups is 1. The van der Waals surface area contributed by atoms with Crippen molar-refractivity contribution in [3.05, 3.63) is 45.7 Å². The Bertz CT molecular complexity index is 942. The summed E-state index contributed by atoms with van der Waals surface area (Å²) in [5.41, 5.74) is 3.87. The van der Waals surface area contributed by atoms with Crippen molar-refractivity contribution in [3.63, 3.8) is 0 Å². The van der Waals surface area contributed by atoms with Gasteiger partial charge in [0.05, 0.1) is 17.2 Å². The summed E-state index contributed by atoms with van der Waals surface area (Å²) in [6.07, 6.45) is 9.03. The largest absolute Gasteiger partial charge is 0.333 e. The Balaban J connectivity index is 1.38. The molecule has 2 N–H and O–H groups in total. The SMILES string of the molecule is Cc1nc(C(=O)N2CCC[C@H]2CN(O)NC=Nc2ccc(F)cc2)c(C2CCCCC2)s1. The topological polar surface area (TPSA) is 81.1 Å². The molecule has 1 saturated carbocycles. The summed E-state index contributed by atoms with van der Waals surface area (Å²) in [6.45, 7) is 2.89. The number of aromatic nitrogens is 1. The van der Waals surface area contributed by atoms with Gasteiger partial charge in [-0.3, -0.25) is 15.4 Å². The molecule has 2 aromatic rings. The van der Waals surface area contributed by atoms with Crippen molar-refractivity contribution < 1.29 is 14.4 Å². The van der Waals surface area contributed by atoms with Crippen molar-refractivity contribution in [3.8, 4) is 0 Å². The van der Waals surface area contributed by atoms with E-state index in [0.29, 0.717) is 23.8 Å². The van der Waals surface area contributed by atoms with Gasteiger partial charge in [-0.05, 0) is 62.8 Å². The molecule has 2 heterocycles. The molecule has 0 unspecified atom stereocenters. The van der Waals surface area contributed by atoms with Crippen molar-refractivity contribution in [2.75, 3.05) is 13.1 Å². The third kappa shape index (κ3) is 5.51. The van der Waals surface area contributed by atoms with Gasteiger partial charge < -0.3 is 4.90 Å². The van der Waals surface area contributed by atoms with E-state index in [2.05, 4.69) is 15.4 Å². The summed E-state index contributed by atoms with van der Waals surface area (Å²) in [5.74, 6) is 0.0908. The highest BCUT2D eigenvalue weighted by molar-refractivity contribution is 7.12. The van der Waals surface area contributed by atoms with Crippen LogP contribution in [0.2, 0.25) is 0 Å². The number of amides is 1. The summed E-state index contributed by atoms with van der Waals surface area (Å²) in [6, 6.07) is 5.64. The molecule has 1 aromatic carbocycles. The number of aliphatic imine (C=N–C) groups is 1. The lowest BCUT2D eigenvalue weighted by molar-refractivity contribution is -0.125. The van der Waals surface area contributed by atoms with Crippen molar-refractivity contribution in [1.29, 1.82) is 0 Å². The molecule has 2 aliphatic rings. The molecule has 1 saturated heterocycles. The van der Waals surface area contributed by atoms with Crippen LogP contribution < -0.4 is 5.43 Å². The normalized spacial score (nSPS) is 19.9. The Morgan fingerprint density at radius 3 is 2.78 bits per heavy atom. The maximum Gasteiger partial charge on any atom is 0.273 e. The van der Waals surface area contributed by atoms with Crippen LogP contribution in [0.1, 0.15) is 71.2 Å². The molecule has 1 amide bonds. The first-order valence-electron chi connectivity index (χ1n) is 11.3. The van der Waals surface area contributed by atoms with Crippen LogP contribution in [0.25, 0.3) is 0 Å². The van der Waals surface area contributed by atoms with Crippen LogP contribution in [0.15, 0.2) is 29.3 Å². The number of likely N-dealkylation sites (tertiary alicyclic amines) is 1. The van der Waals surface area contributed by atoms with Crippen molar-refractivity contribution >= 4 is 29.3 Å². The second-order valence-corrected chi connectivity index (χ2v) is 9.76. The van der Waals surface area contributed by atoms with E-state index in [1.807, 2.05) is 11.8 Å². The van der Waals surface area contributed by atoms with E-state index in [1.165, 1.54) is 37.7 Å². The summed E-state index contributed by atoms with van der Waals surface area (Å²) in [7, 11) is 0. The molecule has 172 valence electrons. The van der Waals surface area contributed by atoms with Gasteiger partial charge in [0.1, 0.15) is 17.8 Å². The third-order valence-electron chi connectivity index (χ3n) is 6.21. The molecule has 1 aliphatic carbocycles. The van der Waals surface area contributed by atoms with Gasteiger partial charge in [0.15, 0.2) is 0 Å². The second-order valence-electron chi connectivity index (χ2n) is 8.52. The zero-order valence-corrected chi connectivity index (χ0v) is 19.2. The van der Waals surface area contributed by atoms with Gasteiger partial charge in [-0.2, -0.15) is 0 Å². The highest BCUT2D eigenvalue weighted by Gasteiger charge is 2.34. The molecule has 0 bridgehead atoms. The molecule has 7 nitrogen and oxygen atoms in total. The van der Waals surface area contributed by atoms with Crippen LogP contribution in [-0.4, -0.2) is 51.6 Å². The van der Waals surface area contributed by atoms with Crippen molar-refractivity contribution in [1.82, 2.24) is 20.5 Å². The Labute approximate surface area is 191 Å². The van der Waals surface area contributed by atoms with Gasteiger partial charge in [0.2, 0.25) is 0 Å². The number of hydrazine groups is 1. The minimum atomic E-state index is -0.325. The van der Waals surface area contributed by atoms with Crippen LogP contribution in [-0.2, 0) is 0 Å². The zero-order chi connectivity index (χ0) is 22.5. The summed E-state index contributed by atoms with van der Waals surface area (Å²) < 4.78 is 13.0. The summed E-state index contributed by atoms with van der Waals surface area (Å²) in [5, 5.41) is 12.2. The first-order valence-corrected chi connectivity index (χ1v) is 12.1. The predicted molar refractivity (Wildman–Crippen MR) is 123 cm³/mol. The molecule has 1 aliphatic heterocycles. The zero-order valence-electron chi connectivity index (χ0n) is 18.3. The van der Waals surface area contributed by atoms with Gasteiger partial charge >= 0.3 is 0 Å². The number of hydrogen-bond donors (Lipinski definition) is 2. The van der Waals surface area contributed by atoms with Gasteiger partial charge in [-0.25, -0.2) is 14.4 Å².